The molecule has 2 rings (SSSR count). The van der Waals surface area contributed by atoms with Crippen LogP contribution in [-0.4, -0.2) is 11.6 Å². The van der Waals surface area contributed by atoms with Gasteiger partial charge < -0.3 is 10.1 Å². The van der Waals surface area contributed by atoms with Crippen LogP contribution in [0.1, 0.15) is 5.56 Å². The van der Waals surface area contributed by atoms with Crippen molar-refractivity contribution in [2.24, 2.45) is 0 Å². The Kier molecular flexibility index (Phi) is 4.22. The summed E-state index contributed by atoms with van der Waals surface area (Å²) in [5, 5.41) is 2.91. The molecular formula is C13H11F3N2O. The second kappa shape index (κ2) is 6.08. The summed E-state index contributed by atoms with van der Waals surface area (Å²) in [6, 6.07) is 7.01. The molecule has 0 spiro atoms. The number of alkyl halides is 2. The Balaban J connectivity index is 2.11. The highest BCUT2D eigenvalue weighted by Gasteiger charge is 2.10. The molecule has 0 unspecified atom stereocenters. The first kappa shape index (κ1) is 13.2. The average Bonchev–Trinajstić information content (AvgIpc) is 2.38. The predicted octanol–water partition coefficient (Wildman–Crippen LogP) is 3.43. The largest absolute Gasteiger partial charge is 0.433 e. The Morgan fingerprint density at radius 1 is 1.16 bits per heavy atom. The van der Waals surface area contributed by atoms with Gasteiger partial charge >= 0.3 is 6.61 Å². The van der Waals surface area contributed by atoms with Crippen molar-refractivity contribution in [3.8, 4) is 5.75 Å². The normalized spacial score (nSPS) is 10.5. The molecule has 0 saturated heterocycles. The van der Waals surface area contributed by atoms with Gasteiger partial charge in [-0.3, -0.25) is 4.98 Å². The molecule has 0 aliphatic heterocycles. The summed E-state index contributed by atoms with van der Waals surface area (Å²) in [7, 11) is 0. The Morgan fingerprint density at radius 2 is 1.89 bits per heavy atom. The number of benzene rings is 1. The van der Waals surface area contributed by atoms with E-state index >= 15 is 0 Å². The van der Waals surface area contributed by atoms with E-state index < -0.39 is 12.4 Å². The van der Waals surface area contributed by atoms with Crippen molar-refractivity contribution in [2.45, 2.75) is 13.2 Å². The van der Waals surface area contributed by atoms with Crippen LogP contribution in [0.2, 0.25) is 0 Å². The van der Waals surface area contributed by atoms with Crippen LogP contribution in [0.5, 0.6) is 5.75 Å². The van der Waals surface area contributed by atoms with Crippen LogP contribution in [0.3, 0.4) is 0 Å². The van der Waals surface area contributed by atoms with Gasteiger partial charge in [0.1, 0.15) is 5.82 Å². The van der Waals surface area contributed by atoms with Crippen LogP contribution in [0.4, 0.5) is 18.9 Å². The van der Waals surface area contributed by atoms with Crippen LogP contribution in [-0.2, 0) is 6.54 Å². The number of hydrogen-bond acceptors (Lipinski definition) is 3. The predicted molar refractivity (Wildman–Crippen MR) is 64.6 cm³/mol. The molecule has 0 saturated carbocycles. The first-order valence-electron chi connectivity index (χ1n) is 5.52. The first-order valence-corrected chi connectivity index (χ1v) is 5.52. The van der Waals surface area contributed by atoms with E-state index in [4.69, 9.17) is 0 Å². The van der Waals surface area contributed by atoms with Gasteiger partial charge in [0, 0.05) is 25.0 Å². The van der Waals surface area contributed by atoms with E-state index in [1.165, 1.54) is 12.1 Å². The molecule has 0 radical (unpaired) electrons. The van der Waals surface area contributed by atoms with E-state index in [0.29, 0.717) is 12.2 Å². The summed E-state index contributed by atoms with van der Waals surface area (Å²) in [5.74, 6) is -0.853. The molecular weight excluding hydrogens is 257 g/mol. The number of halogens is 3. The van der Waals surface area contributed by atoms with Crippen LogP contribution in [0.25, 0.3) is 0 Å². The molecule has 0 aliphatic rings. The maximum Gasteiger partial charge on any atom is 0.387 e. The highest BCUT2D eigenvalue weighted by atomic mass is 19.3. The summed E-state index contributed by atoms with van der Waals surface area (Å²) < 4.78 is 41.7. The molecule has 0 amide bonds. The van der Waals surface area contributed by atoms with Crippen LogP contribution in [0.15, 0.2) is 42.7 Å². The van der Waals surface area contributed by atoms with Crippen molar-refractivity contribution in [3.63, 3.8) is 0 Å². The summed E-state index contributed by atoms with van der Waals surface area (Å²) in [5.41, 5.74) is 1.22. The number of ether oxygens (including phenoxy) is 1. The third kappa shape index (κ3) is 3.87. The van der Waals surface area contributed by atoms with E-state index in [-0.39, 0.29) is 5.75 Å². The van der Waals surface area contributed by atoms with Crippen LogP contribution < -0.4 is 10.1 Å². The van der Waals surface area contributed by atoms with E-state index in [0.717, 1.165) is 11.6 Å². The van der Waals surface area contributed by atoms with E-state index in [1.807, 2.05) is 0 Å². The van der Waals surface area contributed by atoms with Gasteiger partial charge in [-0.25, -0.2) is 4.39 Å². The summed E-state index contributed by atoms with van der Waals surface area (Å²) in [6.45, 7) is -2.60. The number of rotatable bonds is 5. The van der Waals surface area contributed by atoms with E-state index in [9.17, 15) is 13.2 Å². The van der Waals surface area contributed by atoms with Crippen molar-refractivity contribution < 1.29 is 17.9 Å². The van der Waals surface area contributed by atoms with Crippen LogP contribution >= 0.6 is 0 Å². The third-order valence-corrected chi connectivity index (χ3v) is 2.39. The molecule has 3 nitrogen and oxygen atoms in total. The number of nitrogens with zero attached hydrogens (tertiary/aromatic N) is 1. The van der Waals surface area contributed by atoms with Crippen molar-refractivity contribution in [1.29, 1.82) is 0 Å². The van der Waals surface area contributed by atoms with Crippen molar-refractivity contribution in [2.75, 3.05) is 5.32 Å². The van der Waals surface area contributed by atoms with Crippen molar-refractivity contribution in [3.05, 3.63) is 54.1 Å². The van der Waals surface area contributed by atoms with Gasteiger partial charge in [-0.15, -0.1) is 0 Å². The Morgan fingerprint density at radius 3 is 2.58 bits per heavy atom. The van der Waals surface area contributed by atoms with Gasteiger partial charge in [0.2, 0.25) is 0 Å². The Labute approximate surface area is 108 Å². The van der Waals surface area contributed by atoms with E-state index in [2.05, 4.69) is 15.0 Å². The van der Waals surface area contributed by atoms with Gasteiger partial charge in [0.25, 0.3) is 0 Å². The monoisotopic (exact) mass is 268 g/mol. The first-order chi connectivity index (χ1) is 9.15. The van der Waals surface area contributed by atoms with Gasteiger partial charge in [-0.05, 0) is 29.8 Å². The zero-order valence-corrected chi connectivity index (χ0v) is 9.82. The molecule has 0 bridgehead atoms. The Bertz CT molecular complexity index is 535. The maximum atomic E-state index is 13.0. The molecule has 0 aliphatic carbocycles. The maximum absolute atomic E-state index is 13.0. The minimum Gasteiger partial charge on any atom is -0.433 e. The van der Waals surface area contributed by atoms with Gasteiger partial charge in [-0.2, -0.15) is 8.78 Å². The van der Waals surface area contributed by atoms with E-state index in [1.54, 1.807) is 24.5 Å². The summed E-state index contributed by atoms with van der Waals surface area (Å²) in [6.07, 6.45) is 3.25. The lowest BCUT2D eigenvalue weighted by Crippen LogP contribution is -2.07. The quantitative estimate of drug-likeness (QED) is 0.902. The fourth-order valence-corrected chi connectivity index (χ4v) is 1.53. The highest BCUT2D eigenvalue weighted by molar-refractivity contribution is 5.56. The number of nitrogens with one attached hydrogen (secondary N) is 1. The molecule has 1 aromatic heterocycles. The number of aromatic nitrogens is 1. The zero-order valence-electron chi connectivity index (χ0n) is 9.82. The average molecular weight is 268 g/mol. The number of pyridine rings is 1. The molecule has 100 valence electrons. The number of hydrogen-bond donors (Lipinski definition) is 1. The van der Waals surface area contributed by atoms with Gasteiger partial charge in [0.15, 0.2) is 5.75 Å². The fraction of sp³-hybridized carbons (Fsp3) is 0.154. The second-order valence-corrected chi connectivity index (χ2v) is 3.73. The molecule has 0 atom stereocenters. The fourth-order valence-electron chi connectivity index (χ4n) is 1.53. The van der Waals surface area contributed by atoms with Crippen LogP contribution in [0, 0.1) is 5.82 Å². The molecule has 1 N–H and O–H groups in total. The summed E-state index contributed by atoms with van der Waals surface area (Å²) in [4.78, 5) is 3.87. The van der Waals surface area contributed by atoms with Crippen molar-refractivity contribution in [1.82, 2.24) is 4.98 Å². The molecule has 1 aromatic carbocycles. The van der Waals surface area contributed by atoms with Crippen molar-refractivity contribution >= 4 is 5.69 Å². The van der Waals surface area contributed by atoms with Gasteiger partial charge in [-0.1, -0.05) is 0 Å². The lowest BCUT2D eigenvalue weighted by molar-refractivity contribution is -0.0495. The smallest absolute Gasteiger partial charge is 0.387 e. The topological polar surface area (TPSA) is 34.2 Å². The zero-order chi connectivity index (χ0) is 13.7. The lowest BCUT2D eigenvalue weighted by atomic mass is 10.2. The minimum atomic E-state index is -3.00. The number of anilines is 1. The minimum absolute atomic E-state index is 0.218. The Hall–Kier alpha value is -2.24. The van der Waals surface area contributed by atoms with Gasteiger partial charge in [0.05, 0.1) is 5.69 Å². The SMILES string of the molecule is Fc1ccc(NCc2ccncc2)c(OC(F)F)c1. The highest BCUT2D eigenvalue weighted by Crippen LogP contribution is 2.27. The lowest BCUT2D eigenvalue weighted by Gasteiger charge is -2.12. The summed E-state index contributed by atoms with van der Waals surface area (Å²) >= 11 is 0. The molecule has 19 heavy (non-hydrogen) atoms. The standard InChI is InChI=1S/C13H11F3N2O/c14-10-1-2-11(12(7-10)19-13(15)16)18-8-9-3-5-17-6-4-9/h1-7,13,18H,8H2. The molecule has 6 heteroatoms. The third-order valence-electron chi connectivity index (χ3n) is 2.39. The second-order valence-electron chi connectivity index (χ2n) is 3.73. The molecule has 2 aromatic rings. The molecule has 1 heterocycles. The molecule has 0 fully saturated rings.